The summed E-state index contributed by atoms with van der Waals surface area (Å²) in [6, 6.07) is 14.8. The van der Waals surface area contributed by atoms with Crippen LogP contribution in [0.4, 0.5) is 0 Å². The number of hydrogen-bond donors (Lipinski definition) is 1. The summed E-state index contributed by atoms with van der Waals surface area (Å²) < 4.78 is 30.6. The van der Waals surface area contributed by atoms with E-state index < -0.39 is 20.7 Å². The number of amides is 2. The molecular formula is C26H30N2O6S. The molecule has 35 heavy (non-hydrogen) atoms. The molecule has 1 unspecified atom stereocenters. The number of hydrogen-bond acceptors (Lipinski definition) is 6. The summed E-state index contributed by atoms with van der Waals surface area (Å²) in [5.41, 5.74) is 1.92. The highest BCUT2D eigenvalue weighted by Crippen LogP contribution is 2.37. The highest BCUT2D eigenvalue weighted by atomic mass is 32.2. The van der Waals surface area contributed by atoms with Crippen LogP contribution in [0.1, 0.15) is 35.2 Å². The molecule has 0 aromatic heterocycles. The van der Waals surface area contributed by atoms with Gasteiger partial charge in [0.15, 0.2) is 9.84 Å². The van der Waals surface area contributed by atoms with E-state index in [1.54, 1.807) is 21.9 Å². The van der Waals surface area contributed by atoms with Gasteiger partial charge in [0.2, 0.25) is 0 Å². The topological polar surface area (TPSA) is 104 Å². The van der Waals surface area contributed by atoms with Crippen LogP contribution in [0.2, 0.25) is 0 Å². The summed E-state index contributed by atoms with van der Waals surface area (Å²) in [5.74, 6) is -0.329. The molecule has 5 rings (SSSR count). The van der Waals surface area contributed by atoms with Gasteiger partial charge in [-0.05, 0) is 48.1 Å². The Labute approximate surface area is 205 Å². The molecule has 2 saturated heterocycles. The van der Waals surface area contributed by atoms with Crippen molar-refractivity contribution >= 4 is 21.7 Å². The summed E-state index contributed by atoms with van der Waals surface area (Å²) in [6.07, 6.45) is 1.59. The quantitative estimate of drug-likeness (QED) is 0.652. The van der Waals surface area contributed by atoms with E-state index in [-0.39, 0.29) is 24.2 Å². The monoisotopic (exact) mass is 498 g/mol. The van der Waals surface area contributed by atoms with Gasteiger partial charge in [-0.1, -0.05) is 36.4 Å². The summed E-state index contributed by atoms with van der Waals surface area (Å²) in [6.45, 7) is 2.48. The van der Waals surface area contributed by atoms with Gasteiger partial charge >= 0.3 is 0 Å². The Morgan fingerprint density at radius 2 is 1.66 bits per heavy atom. The Balaban J connectivity index is 1.22. The number of rotatable bonds is 6. The normalized spacial score (nSPS) is 21.7. The van der Waals surface area contributed by atoms with Crippen molar-refractivity contribution in [3.05, 3.63) is 59.7 Å². The van der Waals surface area contributed by atoms with Gasteiger partial charge < -0.3 is 19.6 Å². The van der Waals surface area contributed by atoms with E-state index in [1.807, 2.05) is 36.4 Å². The molecule has 2 aliphatic heterocycles. The maximum Gasteiger partial charge on any atom is 0.254 e. The van der Waals surface area contributed by atoms with Crippen molar-refractivity contribution in [3.8, 4) is 11.1 Å². The highest BCUT2D eigenvalue weighted by molar-refractivity contribution is 7.91. The van der Waals surface area contributed by atoms with Crippen molar-refractivity contribution in [3.63, 3.8) is 0 Å². The van der Waals surface area contributed by atoms with Gasteiger partial charge in [-0.25, -0.2) is 8.42 Å². The van der Waals surface area contributed by atoms with E-state index in [1.165, 1.54) is 0 Å². The van der Waals surface area contributed by atoms with Crippen molar-refractivity contribution < 1.29 is 27.9 Å². The minimum Gasteiger partial charge on any atom is -0.380 e. The molecule has 3 aliphatic rings. The molecule has 0 spiro atoms. The minimum absolute atomic E-state index is 0.0165. The van der Waals surface area contributed by atoms with Crippen LogP contribution in [0.15, 0.2) is 48.5 Å². The zero-order valence-corrected chi connectivity index (χ0v) is 20.4. The van der Waals surface area contributed by atoms with Gasteiger partial charge in [-0.15, -0.1) is 0 Å². The molecule has 1 N–H and O–H groups in total. The summed E-state index contributed by atoms with van der Waals surface area (Å²) in [5, 5.41) is 9.60. The Morgan fingerprint density at radius 3 is 2.29 bits per heavy atom. The second-order valence-electron chi connectivity index (χ2n) is 9.69. The molecule has 3 fully saturated rings. The maximum atomic E-state index is 13.0. The zero-order valence-electron chi connectivity index (χ0n) is 19.6. The van der Waals surface area contributed by atoms with Crippen LogP contribution in [-0.2, 0) is 25.1 Å². The van der Waals surface area contributed by atoms with Crippen LogP contribution < -0.4 is 0 Å². The number of nitrogens with zero attached hydrogens (tertiary/aromatic N) is 2. The van der Waals surface area contributed by atoms with Crippen molar-refractivity contribution in [2.45, 2.75) is 35.9 Å². The fourth-order valence-electron chi connectivity index (χ4n) is 4.71. The van der Waals surface area contributed by atoms with Crippen LogP contribution in [0, 0.1) is 0 Å². The third-order valence-electron chi connectivity index (χ3n) is 7.13. The first-order valence-corrected chi connectivity index (χ1v) is 13.8. The fourth-order valence-corrected chi connectivity index (χ4v) is 6.35. The van der Waals surface area contributed by atoms with Gasteiger partial charge in [-0.2, -0.15) is 0 Å². The molecule has 1 aliphatic carbocycles. The second-order valence-corrected chi connectivity index (χ2v) is 12.0. The van der Waals surface area contributed by atoms with Crippen LogP contribution in [0.25, 0.3) is 11.1 Å². The average Bonchev–Trinajstić information content (AvgIpc) is 3.37. The number of aliphatic hydroxyl groups is 1. The smallest absolute Gasteiger partial charge is 0.254 e. The van der Waals surface area contributed by atoms with Crippen LogP contribution >= 0.6 is 0 Å². The van der Waals surface area contributed by atoms with Gasteiger partial charge in [-0.3, -0.25) is 9.59 Å². The first-order valence-electron chi connectivity index (χ1n) is 12.0. The van der Waals surface area contributed by atoms with Crippen molar-refractivity contribution in [1.29, 1.82) is 0 Å². The molecule has 2 amide bonds. The molecule has 186 valence electrons. The molecule has 0 radical (unpaired) electrons. The molecular weight excluding hydrogens is 468 g/mol. The molecule has 0 bridgehead atoms. The number of carbonyl (C=O) groups excluding carboxylic acids is 2. The van der Waals surface area contributed by atoms with Crippen molar-refractivity contribution in [1.82, 2.24) is 9.80 Å². The number of benzene rings is 2. The van der Waals surface area contributed by atoms with Crippen molar-refractivity contribution in [2.24, 2.45) is 0 Å². The molecule has 2 aromatic rings. The average molecular weight is 499 g/mol. The molecule has 2 heterocycles. The van der Waals surface area contributed by atoms with Crippen molar-refractivity contribution in [2.75, 3.05) is 39.4 Å². The lowest BCUT2D eigenvalue weighted by molar-refractivity contribution is -0.143. The van der Waals surface area contributed by atoms with Crippen LogP contribution in [0.3, 0.4) is 0 Å². The predicted octanol–water partition coefficient (Wildman–Crippen LogP) is 1.87. The van der Waals surface area contributed by atoms with E-state index in [0.29, 0.717) is 57.6 Å². The summed E-state index contributed by atoms with van der Waals surface area (Å²) in [4.78, 5) is 28.6. The summed E-state index contributed by atoms with van der Waals surface area (Å²) in [7, 11) is -3.27. The summed E-state index contributed by atoms with van der Waals surface area (Å²) >= 11 is 0. The van der Waals surface area contributed by atoms with E-state index in [2.05, 4.69) is 0 Å². The SMILES string of the molecule is O=C(c1ccc(-c2cccc(CS(=O)(=O)C3CCOC3)c2)cc1)N1CCN(C(=O)C2(O)CC2)CC1. The standard InChI is InChI=1S/C26H30N2O6S/c29-24(27-11-13-28(14-12-27)25(30)26(31)9-10-26)21-6-4-20(5-7-21)22-3-1-2-19(16-22)18-35(32,33)23-8-15-34-17-23/h1-7,16,23,31H,8-15,17-18H2. The molecule has 2 aromatic carbocycles. The number of ether oxygens (including phenoxy) is 1. The molecule has 9 heteroatoms. The van der Waals surface area contributed by atoms with E-state index in [9.17, 15) is 23.1 Å². The Bertz CT molecular complexity index is 1210. The first kappa shape index (κ1) is 24.0. The third-order valence-corrected chi connectivity index (χ3v) is 9.25. The first-order chi connectivity index (χ1) is 16.7. The lowest BCUT2D eigenvalue weighted by Crippen LogP contribution is -2.53. The van der Waals surface area contributed by atoms with E-state index >= 15 is 0 Å². The molecule has 8 nitrogen and oxygen atoms in total. The number of piperazine rings is 1. The fraction of sp³-hybridized carbons (Fsp3) is 0.462. The third kappa shape index (κ3) is 5.12. The van der Waals surface area contributed by atoms with E-state index in [0.717, 1.165) is 16.7 Å². The Hall–Kier alpha value is -2.75. The van der Waals surface area contributed by atoms with Gasteiger partial charge in [0.1, 0.15) is 5.60 Å². The second kappa shape index (κ2) is 9.37. The lowest BCUT2D eigenvalue weighted by Gasteiger charge is -2.35. The minimum atomic E-state index is -3.27. The highest BCUT2D eigenvalue weighted by Gasteiger charge is 2.50. The number of sulfone groups is 1. The largest absolute Gasteiger partial charge is 0.380 e. The predicted molar refractivity (Wildman–Crippen MR) is 130 cm³/mol. The van der Waals surface area contributed by atoms with Gasteiger partial charge in [0, 0.05) is 38.3 Å². The van der Waals surface area contributed by atoms with Gasteiger partial charge in [0.05, 0.1) is 17.6 Å². The van der Waals surface area contributed by atoms with Crippen LogP contribution in [-0.4, -0.2) is 85.4 Å². The maximum absolute atomic E-state index is 13.0. The Morgan fingerprint density at radius 1 is 0.971 bits per heavy atom. The lowest BCUT2D eigenvalue weighted by atomic mass is 10.0. The Kier molecular flexibility index (Phi) is 6.41. The van der Waals surface area contributed by atoms with Gasteiger partial charge in [0.25, 0.3) is 11.8 Å². The zero-order chi connectivity index (χ0) is 24.6. The molecule has 1 atom stereocenters. The molecule has 1 saturated carbocycles. The number of carbonyl (C=O) groups is 2. The van der Waals surface area contributed by atoms with Crippen LogP contribution in [0.5, 0.6) is 0 Å². The van der Waals surface area contributed by atoms with E-state index in [4.69, 9.17) is 4.74 Å².